The van der Waals surface area contributed by atoms with Crippen molar-refractivity contribution in [1.82, 2.24) is 15.3 Å². The first-order valence-corrected chi connectivity index (χ1v) is 6.10. The molecule has 1 aliphatic rings. The van der Waals surface area contributed by atoms with E-state index >= 15 is 0 Å². The summed E-state index contributed by atoms with van der Waals surface area (Å²) in [6, 6.07) is -0.449. The largest absolute Gasteiger partial charge is 0.391 e. The monoisotopic (exact) mass is 273 g/mol. The van der Waals surface area contributed by atoms with Crippen LogP contribution in [0.5, 0.6) is 0 Å². The lowest BCUT2D eigenvalue weighted by Gasteiger charge is -2.30. The maximum Gasteiger partial charge on any atom is 0.391 e. The molecular formula is C12H14F3N3O. The standard InChI is InChI=1S/C12H14F3N3O/c13-12(14,15)8-2-1-3-9(6-8)18-11(19)10-7-16-4-5-17-10/h4-5,7-9H,1-3,6H2,(H,18,19)/t8-,9-/m0/s1. The van der Waals surface area contributed by atoms with Gasteiger partial charge in [0.15, 0.2) is 0 Å². The van der Waals surface area contributed by atoms with E-state index in [0.29, 0.717) is 12.8 Å². The Bertz CT molecular complexity index is 436. The van der Waals surface area contributed by atoms with Gasteiger partial charge in [-0.1, -0.05) is 6.42 Å². The van der Waals surface area contributed by atoms with Gasteiger partial charge in [-0.2, -0.15) is 13.2 Å². The number of nitrogens with zero attached hydrogens (tertiary/aromatic N) is 2. The first kappa shape index (κ1) is 13.8. The van der Waals surface area contributed by atoms with Gasteiger partial charge in [0.05, 0.1) is 12.1 Å². The maximum atomic E-state index is 12.6. The number of amides is 1. The van der Waals surface area contributed by atoms with Crippen LogP contribution < -0.4 is 5.32 Å². The van der Waals surface area contributed by atoms with Gasteiger partial charge in [0, 0.05) is 18.4 Å². The molecule has 104 valence electrons. The minimum absolute atomic E-state index is 0.0600. The first-order valence-electron chi connectivity index (χ1n) is 6.10. The number of carbonyl (C=O) groups excluding carboxylic acids is 1. The molecule has 0 saturated heterocycles. The Morgan fingerprint density at radius 3 is 2.74 bits per heavy atom. The Balaban J connectivity index is 1.94. The van der Waals surface area contributed by atoms with Crippen molar-refractivity contribution in [2.45, 2.75) is 37.9 Å². The molecule has 1 heterocycles. The summed E-state index contributed by atoms with van der Waals surface area (Å²) in [5.74, 6) is -1.80. The number of alkyl halides is 3. The second kappa shape index (κ2) is 5.54. The second-order valence-corrected chi connectivity index (χ2v) is 4.67. The number of halogens is 3. The summed E-state index contributed by atoms with van der Waals surface area (Å²) < 4.78 is 37.9. The topological polar surface area (TPSA) is 54.9 Å². The number of nitrogens with one attached hydrogen (secondary N) is 1. The van der Waals surface area contributed by atoms with Crippen LogP contribution >= 0.6 is 0 Å². The van der Waals surface area contributed by atoms with Gasteiger partial charge in [0.2, 0.25) is 0 Å². The molecule has 1 amide bonds. The van der Waals surface area contributed by atoms with Crippen molar-refractivity contribution in [3.63, 3.8) is 0 Å². The van der Waals surface area contributed by atoms with E-state index in [1.54, 1.807) is 0 Å². The van der Waals surface area contributed by atoms with E-state index in [9.17, 15) is 18.0 Å². The minimum atomic E-state index is -4.18. The molecule has 1 aromatic rings. The summed E-state index contributed by atoms with van der Waals surface area (Å²) in [4.78, 5) is 19.3. The number of hydrogen-bond acceptors (Lipinski definition) is 3. The molecule has 0 aromatic carbocycles. The molecule has 1 saturated carbocycles. The van der Waals surface area contributed by atoms with Crippen molar-refractivity contribution in [3.8, 4) is 0 Å². The van der Waals surface area contributed by atoms with Gasteiger partial charge in [0.1, 0.15) is 5.69 Å². The SMILES string of the molecule is O=C(N[C@H]1CCC[C@H](C(F)(F)F)C1)c1cnccn1. The first-order chi connectivity index (χ1) is 8.97. The Hall–Kier alpha value is -1.66. The van der Waals surface area contributed by atoms with E-state index in [1.807, 2.05) is 0 Å². The Morgan fingerprint density at radius 2 is 2.11 bits per heavy atom. The van der Waals surface area contributed by atoms with Crippen LogP contribution in [0.15, 0.2) is 18.6 Å². The number of carbonyl (C=O) groups is 1. The summed E-state index contributed by atoms with van der Waals surface area (Å²) in [6.07, 6.45) is 1.02. The zero-order chi connectivity index (χ0) is 13.9. The minimum Gasteiger partial charge on any atom is -0.348 e. The van der Waals surface area contributed by atoms with Crippen molar-refractivity contribution >= 4 is 5.91 Å². The van der Waals surface area contributed by atoms with Gasteiger partial charge in [-0.05, 0) is 19.3 Å². The Morgan fingerprint density at radius 1 is 1.32 bits per heavy atom. The van der Waals surface area contributed by atoms with Crippen LogP contribution in [0.2, 0.25) is 0 Å². The van der Waals surface area contributed by atoms with Crippen LogP contribution in [0.3, 0.4) is 0 Å². The lowest BCUT2D eigenvalue weighted by atomic mass is 9.85. The third-order valence-corrected chi connectivity index (χ3v) is 3.27. The van der Waals surface area contributed by atoms with Gasteiger partial charge in [0.25, 0.3) is 5.91 Å². The highest BCUT2D eigenvalue weighted by Crippen LogP contribution is 2.37. The summed E-state index contributed by atoms with van der Waals surface area (Å²) >= 11 is 0. The van der Waals surface area contributed by atoms with Crippen LogP contribution in [0, 0.1) is 5.92 Å². The summed E-state index contributed by atoms with van der Waals surface area (Å²) in [5, 5.41) is 2.60. The summed E-state index contributed by atoms with van der Waals surface area (Å²) in [6.45, 7) is 0. The molecule has 2 atom stereocenters. The van der Waals surface area contributed by atoms with E-state index in [4.69, 9.17) is 0 Å². The fourth-order valence-corrected chi connectivity index (χ4v) is 2.29. The number of hydrogen-bond donors (Lipinski definition) is 1. The van der Waals surface area contributed by atoms with Crippen molar-refractivity contribution in [1.29, 1.82) is 0 Å². The van der Waals surface area contributed by atoms with Crippen LogP contribution in [-0.2, 0) is 0 Å². The molecule has 0 unspecified atom stereocenters. The summed E-state index contributed by atoms with van der Waals surface area (Å²) in [7, 11) is 0. The van der Waals surface area contributed by atoms with Crippen molar-refractivity contribution in [3.05, 3.63) is 24.3 Å². The molecule has 19 heavy (non-hydrogen) atoms. The zero-order valence-corrected chi connectivity index (χ0v) is 10.2. The van der Waals surface area contributed by atoms with Crippen molar-refractivity contribution in [2.24, 2.45) is 5.92 Å². The molecular weight excluding hydrogens is 259 g/mol. The molecule has 4 nitrogen and oxygen atoms in total. The highest BCUT2D eigenvalue weighted by atomic mass is 19.4. The molecule has 7 heteroatoms. The quantitative estimate of drug-likeness (QED) is 0.899. The third kappa shape index (κ3) is 3.65. The molecule has 0 bridgehead atoms. The molecule has 1 aliphatic carbocycles. The van der Waals surface area contributed by atoms with Crippen molar-refractivity contribution in [2.75, 3.05) is 0 Å². The van der Waals surface area contributed by atoms with E-state index in [0.717, 1.165) is 0 Å². The predicted octanol–water partition coefficient (Wildman–Crippen LogP) is 2.33. The third-order valence-electron chi connectivity index (χ3n) is 3.27. The van der Waals surface area contributed by atoms with Crippen LogP contribution in [-0.4, -0.2) is 28.1 Å². The average molecular weight is 273 g/mol. The highest BCUT2D eigenvalue weighted by Gasteiger charge is 2.42. The van der Waals surface area contributed by atoms with Crippen molar-refractivity contribution < 1.29 is 18.0 Å². The van der Waals surface area contributed by atoms with Gasteiger partial charge in [-0.15, -0.1) is 0 Å². The van der Waals surface area contributed by atoms with E-state index in [1.165, 1.54) is 18.6 Å². The maximum absolute atomic E-state index is 12.6. The molecule has 2 rings (SSSR count). The smallest absolute Gasteiger partial charge is 0.348 e. The molecule has 1 aromatic heterocycles. The Labute approximate surface area is 108 Å². The fraction of sp³-hybridized carbons (Fsp3) is 0.583. The molecule has 1 N–H and O–H groups in total. The molecule has 0 spiro atoms. The van der Waals surface area contributed by atoms with Gasteiger partial charge < -0.3 is 5.32 Å². The van der Waals surface area contributed by atoms with Crippen LogP contribution in [0.4, 0.5) is 13.2 Å². The lowest BCUT2D eigenvalue weighted by Crippen LogP contribution is -2.41. The second-order valence-electron chi connectivity index (χ2n) is 4.67. The van der Waals surface area contributed by atoms with E-state index in [-0.39, 0.29) is 18.5 Å². The average Bonchev–Trinajstić information content (AvgIpc) is 2.39. The van der Waals surface area contributed by atoms with E-state index < -0.39 is 24.0 Å². The van der Waals surface area contributed by atoms with Gasteiger partial charge in [-0.3, -0.25) is 9.78 Å². The predicted molar refractivity (Wildman–Crippen MR) is 61.3 cm³/mol. The van der Waals surface area contributed by atoms with Gasteiger partial charge >= 0.3 is 6.18 Å². The lowest BCUT2D eigenvalue weighted by molar-refractivity contribution is -0.183. The summed E-state index contributed by atoms with van der Waals surface area (Å²) in [5.41, 5.74) is 0.122. The fourth-order valence-electron chi connectivity index (χ4n) is 2.29. The van der Waals surface area contributed by atoms with Crippen LogP contribution in [0.1, 0.15) is 36.2 Å². The molecule has 1 fully saturated rings. The number of rotatable bonds is 2. The van der Waals surface area contributed by atoms with E-state index in [2.05, 4.69) is 15.3 Å². The highest BCUT2D eigenvalue weighted by molar-refractivity contribution is 5.92. The zero-order valence-electron chi connectivity index (χ0n) is 10.2. The molecule has 0 aliphatic heterocycles. The van der Waals surface area contributed by atoms with Crippen LogP contribution in [0.25, 0.3) is 0 Å². The Kier molecular flexibility index (Phi) is 4.01. The normalized spacial score (nSPS) is 23.9. The molecule has 0 radical (unpaired) electrons. The van der Waals surface area contributed by atoms with Gasteiger partial charge in [-0.25, -0.2) is 4.98 Å². The number of aromatic nitrogens is 2.